The number of anilines is 1. The summed E-state index contributed by atoms with van der Waals surface area (Å²) in [6.07, 6.45) is 0. The molecule has 0 aliphatic carbocycles. The van der Waals surface area contributed by atoms with Crippen LogP contribution in [0.2, 0.25) is 0 Å². The fourth-order valence-electron chi connectivity index (χ4n) is 2.97. The van der Waals surface area contributed by atoms with Gasteiger partial charge in [0.25, 0.3) is 5.91 Å². The quantitative estimate of drug-likeness (QED) is 0.758. The van der Waals surface area contributed by atoms with Crippen LogP contribution in [0.5, 0.6) is 11.5 Å². The Morgan fingerprint density at radius 1 is 1.04 bits per heavy atom. The molecule has 0 radical (unpaired) electrons. The van der Waals surface area contributed by atoms with E-state index in [1.165, 1.54) is 0 Å². The summed E-state index contributed by atoms with van der Waals surface area (Å²) in [6.45, 7) is 1.70. The van der Waals surface area contributed by atoms with Crippen molar-refractivity contribution in [3.05, 3.63) is 65.4 Å². The van der Waals surface area contributed by atoms with E-state index < -0.39 is 6.04 Å². The molecule has 27 heavy (non-hydrogen) atoms. The molecule has 2 aromatic rings. The Morgan fingerprint density at radius 2 is 1.70 bits per heavy atom. The molecule has 1 heterocycles. The van der Waals surface area contributed by atoms with Gasteiger partial charge in [0.1, 0.15) is 11.5 Å². The van der Waals surface area contributed by atoms with E-state index in [0.29, 0.717) is 28.5 Å². The van der Waals surface area contributed by atoms with Crippen LogP contribution in [0.4, 0.5) is 10.5 Å². The molecule has 1 aliphatic heterocycles. The summed E-state index contributed by atoms with van der Waals surface area (Å²) in [7, 11) is 3.13. The van der Waals surface area contributed by atoms with Crippen molar-refractivity contribution in [2.24, 2.45) is 0 Å². The molecule has 3 amide bonds. The number of methoxy groups -OCH3 is 2. The third-order valence-corrected chi connectivity index (χ3v) is 4.27. The van der Waals surface area contributed by atoms with Crippen molar-refractivity contribution in [2.75, 3.05) is 19.5 Å². The molecule has 0 saturated heterocycles. The number of carbonyl (C=O) groups excluding carboxylic acids is 2. The SMILES string of the molecule is COc1cccc(NC(=O)C2=C(C)NC(=O)N[C@H]2c2cccc(OC)c2)c1. The van der Waals surface area contributed by atoms with Crippen LogP contribution in [0.25, 0.3) is 0 Å². The molecular formula is C20H21N3O4. The lowest BCUT2D eigenvalue weighted by atomic mass is 9.94. The monoisotopic (exact) mass is 367 g/mol. The minimum atomic E-state index is -0.598. The third-order valence-electron chi connectivity index (χ3n) is 4.27. The first-order chi connectivity index (χ1) is 13.0. The Balaban J connectivity index is 1.94. The van der Waals surface area contributed by atoms with Gasteiger partial charge >= 0.3 is 6.03 Å². The van der Waals surface area contributed by atoms with Gasteiger partial charge < -0.3 is 25.4 Å². The van der Waals surface area contributed by atoms with Crippen LogP contribution in [0.1, 0.15) is 18.5 Å². The van der Waals surface area contributed by atoms with Crippen molar-refractivity contribution >= 4 is 17.6 Å². The number of amides is 3. The Morgan fingerprint density at radius 3 is 2.41 bits per heavy atom. The van der Waals surface area contributed by atoms with E-state index in [9.17, 15) is 9.59 Å². The number of rotatable bonds is 5. The molecule has 1 aliphatic rings. The summed E-state index contributed by atoms with van der Waals surface area (Å²) in [4.78, 5) is 25.0. The summed E-state index contributed by atoms with van der Waals surface area (Å²) in [5, 5.41) is 8.33. The molecule has 7 heteroatoms. The van der Waals surface area contributed by atoms with E-state index in [2.05, 4.69) is 16.0 Å². The van der Waals surface area contributed by atoms with E-state index in [0.717, 1.165) is 5.56 Å². The molecule has 3 rings (SSSR count). The molecule has 0 saturated carbocycles. The van der Waals surface area contributed by atoms with Crippen molar-refractivity contribution in [1.82, 2.24) is 10.6 Å². The molecule has 0 aromatic heterocycles. The van der Waals surface area contributed by atoms with E-state index in [1.807, 2.05) is 12.1 Å². The number of hydrogen-bond donors (Lipinski definition) is 3. The minimum absolute atomic E-state index is 0.318. The average Bonchev–Trinajstić information content (AvgIpc) is 2.67. The zero-order valence-corrected chi connectivity index (χ0v) is 15.3. The van der Waals surface area contributed by atoms with Crippen LogP contribution >= 0.6 is 0 Å². The molecular weight excluding hydrogens is 346 g/mol. The van der Waals surface area contributed by atoms with Crippen molar-refractivity contribution in [2.45, 2.75) is 13.0 Å². The van der Waals surface area contributed by atoms with Crippen LogP contribution in [0.3, 0.4) is 0 Å². The number of hydrogen-bond acceptors (Lipinski definition) is 4. The average molecular weight is 367 g/mol. The Kier molecular flexibility index (Phi) is 5.30. The maximum Gasteiger partial charge on any atom is 0.319 e. The van der Waals surface area contributed by atoms with Gasteiger partial charge in [-0.25, -0.2) is 4.79 Å². The maximum absolute atomic E-state index is 13.0. The van der Waals surface area contributed by atoms with Gasteiger partial charge in [-0.05, 0) is 36.8 Å². The van der Waals surface area contributed by atoms with Crippen LogP contribution in [-0.2, 0) is 4.79 Å². The van der Waals surface area contributed by atoms with Gasteiger partial charge in [0.05, 0.1) is 25.8 Å². The number of urea groups is 1. The molecule has 3 N–H and O–H groups in total. The topological polar surface area (TPSA) is 88.7 Å². The standard InChI is InChI=1S/C20H21N3O4/c1-12-17(19(24)22-14-7-5-9-16(11-14)27-3)18(23-20(25)21-12)13-6-4-8-15(10-13)26-2/h4-11,18H,1-3H3,(H,22,24)(H2,21,23,25)/t18-/m0/s1. The van der Waals surface area contributed by atoms with Gasteiger partial charge in [-0.15, -0.1) is 0 Å². The van der Waals surface area contributed by atoms with Crippen molar-refractivity contribution in [1.29, 1.82) is 0 Å². The third kappa shape index (κ3) is 4.03. The zero-order valence-electron chi connectivity index (χ0n) is 15.3. The summed E-state index contributed by atoms with van der Waals surface area (Å²) >= 11 is 0. The molecule has 0 spiro atoms. The fraction of sp³-hybridized carbons (Fsp3) is 0.200. The van der Waals surface area contributed by atoms with Gasteiger partial charge in [-0.1, -0.05) is 18.2 Å². The molecule has 1 atom stereocenters. The summed E-state index contributed by atoms with van der Waals surface area (Å²) in [5.74, 6) is 0.962. The molecule has 140 valence electrons. The summed E-state index contributed by atoms with van der Waals surface area (Å²) < 4.78 is 10.4. The maximum atomic E-state index is 13.0. The van der Waals surface area contributed by atoms with Crippen LogP contribution in [0, 0.1) is 0 Å². The van der Waals surface area contributed by atoms with E-state index >= 15 is 0 Å². The lowest BCUT2D eigenvalue weighted by Crippen LogP contribution is -2.45. The highest BCUT2D eigenvalue weighted by atomic mass is 16.5. The van der Waals surface area contributed by atoms with Gasteiger partial charge in [-0.3, -0.25) is 4.79 Å². The summed E-state index contributed by atoms with van der Waals surface area (Å²) in [6, 6.07) is 13.4. The first-order valence-corrected chi connectivity index (χ1v) is 8.39. The molecule has 0 unspecified atom stereocenters. The number of carbonyl (C=O) groups is 2. The minimum Gasteiger partial charge on any atom is -0.497 e. The summed E-state index contributed by atoms with van der Waals surface area (Å²) in [5.41, 5.74) is 2.26. The van der Waals surface area contributed by atoms with Gasteiger partial charge in [0.2, 0.25) is 0 Å². The van der Waals surface area contributed by atoms with Crippen molar-refractivity contribution < 1.29 is 19.1 Å². The largest absolute Gasteiger partial charge is 0.497 e. The van der Waals surface area contributed by atoms with Gasteiger partial charge in [-0.2, -0.15) is 0 Å². The van der Waals surface area contributed by atoms with Crippen LogP contribution in [-0.4, -0.2) is 26.2 Å². The lowest BCUT2D eigenvalue weighted by molar-refractivity contribution is -0.113. The van der Waals surface area contributed by atoms with Gasteiger partial charge in [0.15, 0.2) is 0 Å². The molecule has 7 nitrogen and oxygen atoms in total. The number of benzene rings is 2. The van der Waals surface area contributed by atoms with E-state index in [4.69, 9.17) is 9.47 Å². The van der Waals surface area contributed by atoms with Gasteiger partial charge in [0, 0.05) is 17.5 Å². The van der Waals surface area contributed by atoms with Crippen LogP contribution < -0.4 is 25.4 Å². The predicted octanol–water partition coefficient (Wildman–Crippen LogP) is 2.97. The number of allylic oxidation sites excluding steroid dienone is 1. The molecule has 2 aromatic carbocycles. The predicted molar refractivity (Wildman–Crippen MR) is 102 cm³/mol. The van der Waals surface area contributed by atoms with Crippen molar-refractivity contribution in [3.8, 4) is 11.5 Å². The van der Waals surface area contributed by atoms with Crippen LogP contribution in [0.15, 0.2) is 59.8 Å². The highest BCUT2D eigenvalue weighted by Crippen LogP contribution is 2.30. The highest BCUT2D eigenvalue weighted by molar-refractivity contribution is 6.06. The fourth-order valence-corrected chi connectivity index (χ4v) is 2.97. The molecule has 0 fully saturated rings. The normalized spacial score (nSPS) is 16.3. The first kappa shape index (κ1) is 18.3. The number of nitrogens with one attached hydrogen (secondary N) is 3. The smallest absolute Gasteiger partial charge is 0.319 e. The molecule has 0 bridgehead atoms. The Hall–Kier alpha value is -3.48. The zero-order chi connectivity index (χ0) is 19.4. The van der Waals surface area contributed by atoms with E-state index in [-0.39, 0.29) is 11.9 Å². The second kappa shape index (κ2) is 7.82. The highest BCUT2D eigenvalue weighted by Gasteiger charge is 2.31. The van der Waals surface area contributed by atoms with Crippen molar-refractivity contribution in [3.63, 3.8) is 0 Å². The lowest BCUT2D eigenvalue weighted by Gasteiger charge is -2.29. The number of ether oxygens (including phenoxy) is 2. The Bertz CT molecular complexity index is 908. The first-order valence-electron chi connectivity index (χ1n) is 8.39. The second-order valence-electron chi connectivity index (χ2n) is 6.03. The second-order valence-corrected chi connectivity index (χ2v) is 6.03. The Labute approximate surface area is 157 Å². The van der Waals surface area contributed by atoms with E-state index in [1.54, 1.807) is 57.5 Å².